The highest BCUT2D eigenvalue weighted by Gasteiger charge is 2.03. The van der Waals surface area contributed by atoms with Crippen molar-refractivity contribution >= 4 is 31.2 Å². The molecule has 7 heavy (non-hydrogen) atoms. The van der Waals surface area contributed by atoms with Gasteiger partial charge in [-0.15, -0.1) is 0 Å². The maximum Gasteiger partial charge on any atom is 0.256 e. The Balaban J connectivity index is 3.35. The number of nitrogens with one attached hydrogen (secondary N) is 1. The molecular formula is C2H6N2OS2. The van der Waals surface area contributed by atoms with Crippen molar-refractivity contribution in [3.05, 3.63) is 0 Å². The summed E-state index contributed by atoms with van der Waals surface area (Å²) < 4.78 is -0.620. The summed E-state index contributed by atoms with van der Waals surface area (Å²) in [6, 6.07) is 0. The van der Waals surface area contributed by atoms with Crippen molar-refractivity contribution in [1.29, 1.82) is 0 Å². The van der Waals surface area contributed by atoms with Gasteiger partial charge in [-0.3, -0.25) is 10.2 Å². The molecule has 0 atom stereocenters. The average Bonchev–Trinajstić information content (AvgIpc) is 1.65. The van der Waals surface area contributed by atoms with E-state index in [1.54, 1.807) is 0 Å². The first kappa shape index (κ1) is 7.13. The van der Waals surface area contributed by atoms with Crippen LogP contribution in [0, 0.1) is 0 Å². The molecule has 3 N–H and O–H groups in total. The van der Waals surface area contributed by atoms with Crippen molar-refractivity contribution in [2.75, 3.05) is 0 Å². The third-order valence-electron chi connectivity index (χ3n) is 0.377. The second kappa shape index (κ2) is 3.17. The molecule has 0 aromatic carbocycles. The van der Waals surface area contributed by atoms with Crippen LogP contribution in [0.2, 0.25) is 0 Å². The highest BCUT2D eigenvalue weighted by atomic mass is 32.2. The number of hydrogen-bond donors (Lipinski definition) is 4. The molecule has 0 heterocycles. The second-order valence-electron chi connectivity index (χ2n) is 0.882. The third kappa shape index (κ3) is 2.78. The molecule has 0 saturated heterocycles. The minimum absolute atomic E-state index is 0.397. The van der Waals surface area contributed by atoms with Crippen molar-refractivity contribution < 1.29 is 4.79 Å². The maximum absolute atomic E-state index is 10.1. The minimum atomic E-state index is -0.620. The van der Waals surface area contributed by atoms with Crippen LogP contribution < -0.4 is 11.3 Å². The zero-order valence-corrected chi connectivity index (χ0v) is 5.25. The number of amides is 1. The monoisotopic (exact) mass is 138 g/mol. The van der Waals surface area contributed by atoms with Gasteiger partial charge in [0.05, 0.1) is 0 Å². The van der Waals surface area contributed by atoms with Crippen LogP contribution in [0.3, 0.4) is 0 Å². The first-order valence-electron chi connectivity index (χ1n) is 1.55. The lowest BCUT2D eigenvalue weighted by Gasteiger charge is -1.97. The smallest absolute Gasteiger partial charge is 0.256 e. The van der Waals surface area contributed by atoms with E-state index in [0.29, 0.717) is 0 Å². The molecule has 0 aromatic heterocycles. The number of rotatable bonds is 1. The normalized spacial score (nSPS) is 9.14. The summed E-state index contributed by atoms with van der Waals surface area (Å²) in [7, 11) is 0. The summed E-state index contributed by atoms with van der Waals surface area (Å²) in [4.78, 5) is 10.1. The zero-order valence-electron chi connectivity index (χ0n) is 3.46. The molecule has 0 saturated carbocycles. The highest BCUT2D eigenvalue weighted by Crippen LogP contribution is 1.96. The SMILES string of the molecule is NNC(=O)C(S)S. The van der Waals surface area contributed by atoms with Gasteiger partial charge in [-0.1, -0.05) is 0 Å². The van der Waals surface area contributed by atoms with Crippen LogP contribution in [0.15, 0.2) is 0 Å². The molecular weight excluding hydrogens is 132 g/mol. The lowest BCUT2D eigenvalue weighted by molar-refractivity contribution is -0.119. The summed E-state index contributed by atoms with van der Waals surface area (Å²) in [6.45, 7) is 0. The number of thiol groups is 2. The van der Waals surface area contributed by atoms with Crippen LogP contribution in [-0.4, -0.2) is 10.5 Å². The Labute approximate surface area is 52.4 Å². The number of carbonyl (C=O) groups excluding carboxylic acids is 1. The standard InChI is InChI=1S/C2H6N2OS2/c3-4-1(5)2(6)7/h2,6-7H,3H2,(H,4,5). The Bertz CT molecular complexity index is 74.1. The molecule has 0 unspecified atom stereocenters. The van der Waals surface area contributed by atoms with Gasteiger partial charge in [0.25, 0.3) is 5.91 Å². The maximum atomic E-state index is 10.1. The van der Waals surface area contributed by atoms with Crippen molar-refractivity contribution in [1.82, 2.24) is 5.43 Å². The molecule has 0 rings (SSSR count). The van der Waals surface area contributed by atoms with E-state index >= 15 is 0 Å². The Morgan fingerprint density at radius 3 is 2.14 bits per heavy atom. The van der Waals surface area contributed by atoms with Gasteiger partial charge >= 0.3 is 0 Å². The van der Waals surface area contributed by atoms with Crippen LogP contribution in [-0.2, 0) is 4.79 Å². The van der Waals surface area contributed by atoms with E-state index in [1.165, 1.54) is 0 Å². The molecule has 0 aliphatic carbocycles. The van der Waals surface area contributed by atoms with E-state index in [2.05, 4.69) is 31.1 Å². The lowest BCUT2D eigenvalue weighted by Crippen LogP contribution is -2.34. The number of hydrazine groups is 1. The highest BCUT2D eigenvalue weighted by molar-refractivity contribution is 8.00. The van der Waals surface area contributed by atoms with Gasteiger partial charge in [0.2, 0.25) is 0 Å². The predicted octanol–water partition coefficient (Wildman–Crippen LogP) is -0.838. The van der Waals surface area contributed by atoms with Gasteiger partial charge in [0, 0.05) is 0 Å². The van der Waals surface area contributed by atoms with Crippen LogP contribution in [0.25, 0.3) is 0 Å². The molecule has 0 fully saturated rings. The third-order valence-corrected chi connectivity index (χ3v) is 0.846. The fraction of sp³-hybridized carbons (Fsp3) is 0.500. The van der Waals surface area contributed by atoms with Crippen molar-refractivity contribution in [3.8, 4) is 0 Å². The largest absolute Gasteiger partial charge is 0.293 e. The van der Waals surface area contributed by atoms with E-state index in [1.807, 2.05) is 5.43 Å². The number of carbonyl (C=O) groups is 1. The summed E-state index contributed by atoms with van der Waals surface area (Å²) in [5.74, 6) is 4.28. The van der Waals surface area contributed by atoms with Gasteiger partial charge in [-0.2, -0.15) is 25.3 Å². The van der Waals surface area contributed by atoms with E-state index in [-0.39, 0.29) is 0 Å². The summed E-state index contributed by atoms with van der Waals surface area (Å²) in [6.07, 6.45) is 0. The average molecular weight is 138 g/mol. The summed E-state index contributed by atoms with van der Waals surface area (Å²) in [5, 5.41) is 0. The van der Waals surface area contributed by atoms with E-state index in [0.717, 1.165) is 0 Å². The molecule has 0 aromatic rings. The van der Waals surface area contributed by atoms with E-state index in [4.69, 9.17) is 0 Å². The van der Waals surface area contributed by atoms with E-state index in [9.17, 15) is 4.79 Å². The predicted molar refractivity (Wildman–Crippen MR) is 34.1 cm³/mol. The van der Waals surface area contributed by atoms with Gasteiger partial charge in [0.15, 0.2) is 0 Å². The van der Waals surface area contributed by atoms with Crippen molar-refractivity contribution in [2.45, 2.75) is 4.58 Å². The van der Waals surface area contributed by atoms with Gasteiger partial charge in [-0.05, 0) is 0 Å². The number of hydrogen-bond acceptors (Lipinski definition) is 4. The fourth-order valence-corrected chi connectivity index (χ4v) is 0.224. The molecule has 0 bridgehead atoms. The minimum Gasteiger partial charge on any atom is -0.293 e. The first-order chi connectivity index (χ1) is 3.18. The van der Waals surface area contributed by atoms with Crippen LogP contribution in [0.1, 0.15) is 0 Å². The lowest BCUT2D eigenvalue weighted by atomic mass is 10.7. The van der Waals surface area contributed by atoms with Gasteiger partial charge < -0.3 is 0 Å². The van der Waals surface area contributed by atoms with Crippen LogP contribution >= 0.6 is 25.3 Å². The molecule has 5 heteroatoms. The summed E-state index contributed by atoms with van der Waals surface area (Å²) >= 11 is 7.29. The van der Waals surface area contributed by atoms with Gasteiger partial charge in [-0.25, -0.2) is 5.84 Å². The molecule has 1 amide bonds. The second-order valence-corrected chi connectivity index (χ2v) is 2.32. The quantitative estimate of drug-likeness (QED) is 0.126. The molecule has 0 aliphatic heterocycles. The van der Waals surface area contributed by atoms with Crippen molar-refractivity contribution in [2.24, 2.45) is 5.84 Å². The van der Waals surface area contributed by atoms with E-state index < -0.39 is 10.5 Å². The Morgan fingerprint density at radius 2 is 2.14 bits per heavy atom. The van der Waals surface area contributed by atoms with Gasteiger partial charge in [0.1, 0.15) is 4.58 Å². The zero-order chi connectivity index (χ0) is 5.86. The Kier molecular flexibility index (Phi) is 3.23. The molecule has 42 valence electrons. The molecule has 3 nitrogen and oxygen atoms in total. The number of nitrogens with two attached hydrogens (primary N) is 1. The Morgan fingerprint density at radius 1 is 1.71 bits per heavy atom. The first-order valence-corrected chi connectivity index (χ1v) is 2.58. The van der Waals surface area contributed by atoms with Crippen molar-refractivity contribution in [3.63, 3.8) is 0 Å². The molecule has 0 radical (unpaired) electrons. The van der Waals surface area contributed by atoms with Crippen LogP contribution in [0.5, 0.6) is 0 Å². The van der Waals surface area contributed by atoms with Crippen LogP contribution in [0.4, 0.5) is 0 Å². The Hall–Kier alpha value is 0.130. The molecule has 0 spiro atoms. The summed E-state index contributed by atoms with van der Waals surface area (Å²) in [5.41, 5.74) is 1.87. The topological polar surface area (TPSA) is 55.1 Å². The molecule has 0 aliphatic rings. The fourth-order valence-electron chi connectivity index (χ4n) is 0.0745.